The average Bonchev–Trinajstić information content (AvgIpc) is 2.45. The van der Waals surface area contributed by atoms with E-state index in [1.165, 1.54) is 0 Å². The van der Waals surface area contributed by atoms with E-state index in [0.29, 0.717) is 0 Å². The molecule has 1 aromatic rings. The number of hydrogen-bond donors (Lipinski definition) is 3. The van der Waals surface area contributed by atoms with Gasteiger partial charge in [0.15, 0.2) is 0 Å². The maximum Gasteiger partial charge on any atom is 0.320 e. The molecule has 4 nitrogen and oxygen atoms in total. The van der Waals surface area contributed by atoms with Crippen LogP contribution in [0.4, 0.5) is 0 Å². The predicted octanol–water partition coefficient (Wildman–Crippen LogP) is 1.88. The molecule has 1 rings (SSSR count). The van der Waals surface area contributed by atoms with Crippen LogP contribution in [0, 0.1) is 17.8 Å². The third-order valence-electron chi connectivity index (χ3n) is 3.40. The number of carboxylic acid groups (broad SMARTS) is 1. The molecule has 0 heterocycles. The Morgan fingerprint density at radius 2 is 2.00 bits per heavy atom. The number of carbonyl (C=O) groups is 1. The molecule has 114 valence electrons. The molecular weight excluding hydrogens is 266 g/mol. The van der Waals surface area contributed by atoms with E-state index in [0.717, 1.165) is 12.0 Å². The highest BCUT2D eigenvalue weighted by Crippen LogP contribution is 2.09. The molecule has 0 fully saturated rings. The van der Waals surface area contributed by atoms with Crippen molar-refractivity contribution in [2.75, 3.05) is 6.54 Å². The molecule has 0 radical (unpaired) electrons. The van der Waals surface area contributed by atoms with Gasteiger partial charge in [-0.25, -0.2) is 0 Å². The molecule has 0 aliphatic carbocycles. The summed E-state index contributed by atoms with van der Waals surface area (Å²) < 4.78 is 0. The first-order valence-electron chi connectivity index (χ1n) is 7.12. The number of nitrogens with one attached hydrogen (secondary N) is 1. The molecule has 0 bridgehead atoms. The first-order chi connectivity index (χ1) is 9.85. The third-order valence-corrected chi connectivity index (χ3v) is 3.40. The minimum Gasteiger partial charge on any atom is -0.480 e. The lowest BCUT2D eigenvalue weighted by atomic mass is 9.98. The van der Waals surface area contributed by atoms with Crippen LogP contribution in [0.2, 0.25) is 0 Å². The number of rotatable bonds is 6. The van der Waals surface area contributed by atoms with Gasteiger partial charge < -0.3 is 15.5 Å². The number of aliphatic hydroxyl groups is 1. The van der Waals surface area contributed by atoms with Gasteiger partial charge in [0.25, 0.3) is 0 Å². The Balaban J connectivity index is 2.68. The van der Waals surface area contributed by atoms with E-state index in [-0.39, 0.29) is 12.5 Å². The molecule has 4 heteroatoms. The molecule has 3 N–H and O–H groups in total. The standard InChI is InChI=1S/C17H23NO3/c1-4-13(2)15(16(19)20)18-12-17(3,21)11-10-14-8-6-5-7-9-14/h5-9,13,15,18,21H,4,12H2,1-3H3,(H,19,20). The van der Waals surface area contributed by atoms with Gasteiger partial charge in [0, 0.05) is 12.1 Å². The van der Waals surface area contributed by atoms with Gasteiger partial charge in [0.2, 0.25) is 0 Å². The zero-order chi connectivity index (χ0) is 15.9. The van der Waals surface area contributed by atoms with E-state index in [1.807, 2.05) is 44.2 Å². The molecule has 0 spiro atoms. The van der Waals surface area contributed by atoms with Gasteiger partial charge in [0.05, 0.1) is 0 Å². The molecule has 0 aliphatic rings. The van der Waals surface area contributed by atoms with E-state index >= 15 is 0 Å². The highest BCUT2D eigenvalue weighted by molar-refractivity contribution is 5.73. The highest BCUT2D eigenvalue weighted by Gasteiger charge is 2.26. The summed E-state index contributed by atoms with van der Waals surface area (Å²) in [5, 5.41) is 22.3. The summed E-state index contributed by atoms with van der Waals surface area (Å²) in [6.07, 6.45) is 0.752. The van der Waals surface area contributed by atoms with Crippen LogP contribution in [0.1, 0.15) is 32.8 Å². The lowest BCUT2D eigenvalue weighted by Gasteiger charge is -2.24. The second kappa shape index (κ2) is 7.82. The van der Waals surface area contributed by atoms with Crippen molar-refractivity contribution in [1.82, 2.24) is 5.32 Å². The number of carboxylic acids is 1. The van der Waals surface area contributed by atoms with Crippen molar-refractivity contribution in [3.63, 3.8) is 0 Å². The number of aliphatic carboxylic acids is 1. The normalized spacial score (nSPS) is 16.2. The van der Waals surface area contributed by atoms with Crippen LogP contribution in [0.25, 0.3) is 0 Å². The maximum atomic E-state index is 11.2. The van der Waals surface area contributed by atoms with Crippen LogP contribution in [-0.2, 0) is 4.79 Å². The molecule has 21 heavy (non-hydrogen) atoms. The summed E-state index contributed by atoms with van der Waals surface area (Å²) in [5.74, 6) is 4.75. The summed E-state index contributed by atoms with van der Waals surface area (Å²) >= 11 is 0. The number of benzene rings is 1. The Morgan fingerprint density at radius 1 is 1.38 bits per heavy atom. The zero-order valence-corrected chi connectivity index (χ0v) is 12.8. The van der Waals surface area contributed by atoms with Crippen LogP contribution in [-0.4, -0.2) is 34.4 Å². The van der Waals surface area contributed by atoms with Crippen LogP contribution in [0.15, 0.2) is 30.3 Å². The van der Waals surface area contributed by atoms with E-state index in [1.54, 1.807) is 6.92 Å². The van der Waals surface area contributed by atoms with Gasteiger partial charge in [-0.1, -0.05) is 50.3 Å². The summed E-state index contributed by atoms with van der Waals surface area (Å²) in [6, 6.07) is 8.68. The van der Waals surface area contributed by atoms with Crippen molar-refractivity contribution in [2.24, 2.45) is 5.92 Å². The second-order valence-electron chi connectivity index (χ2n) is 5.47. The molecular formula is C17H23NO3. The summed E-state index contributed by atoms with van der Waals surface area (Å²) in [5.41, 5.74) is -0.466. The Kier molecular flexibility index (Phi) is 6.41. The third kappa shape index (κ3) is 5.99. The lowest BCUT2D eigenvalue weighted by molar-refractivity contribution is -0.141. The fourth-order valence-corrected chi connectivity index (χ4v) is 1.85. The summed E-state index contributed by atoms with van der Waals surface area (Å²) in [4.78, 5) is 11.2. The second-order valence-corrected chi connectivity index (χ2v) is 5.47. The molecule has 0 aromatic heterocycles. The van der Waals surface area contributed by atoms with Crippen molar-refractivity contribution in [3.8, 4) is 11.8 Å². The van der Waals surface area contributed by atoms with E-state index in [4.69, 9.17) is 0 Å². The molecule has 0 saturated carbocycles. The smallest absolute Gasteiger partial charge is 0.320 e. The minimum absolute atomic E-state index is 0.0135. The summed E-state index contributed by atoms with van der Waals surface area (Å²) in [6.45, 7) is 5.49. The fraction of sp³-hybridized carbons (Fsp3) is 0.471. The Hall–Kier alpha value is -1.83. The maximum absolute atomic E-state index is 11.2. The van der Waals surface area contributed by atoms with E-state index < -0.39 is 17.6 Å². The topological polar surface area (TPSA) is 69.6 Å². The first kappa shape index (κ1) is 17.2. The van der Waals surface area contributed by atoms with E-state index in [9.17, 15) is 15.0 Å². The molecule has 1 aromatic carbocycles. The van der Waals surface area contributed by atoms with Gasteiger partial charge in [-0.3, -0.25) is 4.79 Å². The monoisotopic (exact) mass is 289 g/mol. The lowest BCUT2D eigenvalue weighted by Crippen LogP contribution is -2.48. The molecule has 0 aliphatic heterocycles. The van der Waals surface area contributed by atoms with Crippen molar-refractivity contribution in [2.45, 2.75) is 38.8 Å². The molecule has 3 unspecified atom stereocenters. The minimum atomic E-state index is -1.28. The van der Waals surface area contributed by atoms with Gasteiger partial charge >= 0.3 is 5.97 Å². The van der Waals surface area contributed by atoms with Crippen molar-refractivity contribution >= 4 is 5.97 Å². The Bertz CT molecular complexity index is 514. The predicted molar refractivity (Wildman–Crippen MR) is 82.8 cm³/mol. The summed E-state index contributed by atoms with van der Waals surface area (Å²) in [7, 11) is 0. The molecule has 0 saturated heterocycles. The Labute approximate surface area is 126 Å². The van der Waals surface area contributed by atoms with Crippen molar-refractivity contribution < 1.29 is 15.0 Å². The van der Waals surface area contributed by atoms with Crippen molar-refractivity contribution in [3.05, 3.63) is 35.9 Å². The van der Waals surface area contributed by atoms with Crippen molar-refractivity contribution in [1.29, 1.82) is 0 Å². The SMILES string of the molecule is CCC(C)C(NCC(C)(O)C#Cc1ccccc1)C(=O)O. The van der Waals surface area contributed by atoms with Crippen LogP contribution in [0.3, 0.4) is 0 Å². The molecule has 0 amide bonds. The van der Waals surface area contributed by atoms with Gasteiger partial charge in [-0.05, 0) is 25.0 Å². The van der Waals surface area contributed by atoms with Crippen LogP contribution in [0.5, 0.6) is 0 Å². The van der Waals surface area contributed by atoms with E-state index in [2.05, 4.69) is 17.2 Å². The first-order valence-corrected chi connectivity index (χ1v) is 7.12. The molecule has 3 atom stereocenters. The van der Waals surface area contributed by atoms with Crippen LogP contribution >= 0.6 is 0 Å². The zero-order valence-electron chi connectivity index (χ0n) is 12.8. The highest BCUT2D eigenvalue weighted by atomic mass is 16.4. The number of hydrogen-bond acceptors (Lipinski definition) is 3. The Morgan fingerprint density at radius 3 is 2.52 bits per heavy atom. The van der Waals surface area contributed by atoms with Gasteiger partial charge in [-0.2, -0.15) is 0 Å². The van der Waals surface area contributed by atoms with Gasteiger partial charge in [-0.15, -0.1) is 0 Å². The fourth-order valence-electron chi connectivity index (χ4n) is 1.85. The largest absolute Gasteiger partial charge is 0.480 e. The quantitative estimate of drug-likeness (QED) is 0.699. The average molecular weight is 289 g/mol. The van der Waals surface area contributed by atoms with Crippen LogP contribution < -0.4 is 5.32 Å². The van der Waals surface area contributed by atoms with Gasteiger partial charge in [0.1, 0.15) is 11.6 Å².